The van der Waals surface area contributed by atoms with Crippen molar-refractivity contribution < 1.29 is 65.7 Å². The molecule has 0 bridgehead atoms. The molecule has 59 heavy (non-hydrogen) atoms. The Bertz CT molecular complexity index is 2020. The number of nitrogens with zero attached hydrogens (tertiary/aromatic N) is 1. The summed E-state index contributed by atoms with van der Waals surface area (Å²) in [6.45, 7) is 4.57. The molecule has 1 saturated heterocycles. The predicted molar refractivity (Wildman–Crippen MR) is 219 cm³/mol. The molecular formula is C40H58N3O14S2-. The van der Waals surface area contributed by atoms with Crippen LogP contribution < -0.4 is 20.6 Å². The Labute approximate surface area is 346 Å². The normalized spacial score (nSPS) is 26.2. The zero-order valence-corrected chi connectivity index (χ0v) is 35.5. The van der Waals surface area contributed by atoms with E-state index >= 15 is 0 Å². The SMILES string of the molecule is CCCC[C@]1(CC)CS(=O)(=O)c2ccc(N(C)C)cc2[C@@H](c2cccc(NC(=O)N[C@@H]3O[C@H](COS(=O)(=O)O)[C@@H](O)[C@H](OCc4ccccc4)C3O)c2)[C@H]1O.CC[O-].O. The molecule has 19 heteroatoms. The van der Waals surface area contributed by atoms with E-state index in [0.717, 1.165) is 18.5 Å². The van der Waals surface area contributed by atoms with Crippen molar-refractivity contribution in [3.8, 4) is 0 Å². The number of aliphatic hydroxyl groups excluding tert-OH is 3. The Morgan fingerprint density at radius 1 is 1.00 bits per heavy atom. The van der Waals surface area contributed by atoms with Crippen molar-refractivity contribution in [1.29, 1.82) is 0 Å². The minimum absolute atomic E-state index is 0. The van der Waals surface area contributed by atoms with E-state index in [0.29, 0.717) is 29.5 Å². The zero-order valence-electron chi connectivity index (χ0n) is 33.9. The first-order valence-corrected chi connectivity index (χ1v) is 22.2. The molecule has 0 spiro atoms. The molecule has 8 atom stereocenters. The summed E-state index contributed by atoms with van der Waals surface area (Å²) < 4.78 is 75.7. The van der Waals surface area contributed by atoms with Crippen LogP contribution in [0.15, 0.2) is 77.7 Å². The molecule has 3 aromatic rings. The van der Waals surface area contributed by atoms with Gasteiger partial charge in [-0.15, -0.1) is 6.61 Å². The van der Waals surface area contributed by atoms with Crippen molar-refractivity contribution >= 4 is 37.6 Å². The Balaban J connectivity index is 0.00000225. The average Bonchev–Trinajstić information content (AvgIpc) is 3.24. The first-order valence-electron chi connectivity index (χ1n) is 19.2. The number of amides is 2. The summed E-state index contributed by atoms with van der Waals surface area (Å²) in [7, 11) is -5.07. The van der Waals surface area contributed by atoms with Crippen LogP contribution in [-0.4, -0.2) is 118 Å². The van der Waals surface area contributed by atoms with E-state index in [-0.39, 0.29) is 35.0 Å². The fourth-order valence-corrected chi connectivity index (χ4v) is 9.98. The number of sulfone groups is 1. The average molecular weight is 869 g/mol. The van der Waals surface area contributed by atoms with E-state index in [2.05, 4.69) is 14.8 Å². The molecule has 0 aliphatic carbocycles. The van der Waals surface area contributed by atoms with Crippen molar-refractivity contribution in [1.82, 2.24) is 5.32 Å². The number of aliphatic hydroxyl groups is 3. The third kappa shape index (κ3) is 12.6. The summed E-state index contributed by atoms with van der Waals surface area (Å²) in [6.07, 6.45) is -6.32. The molecule has 8 N–H and O–H groups in total. The van der Waals surface area contributed by atoms with Gasteiger partial charge in [-0.1, -0.05) is 76.1 Å². The number of nitrogens with one attached hydrogen (secondary N) is 2. The number of rotatable bonds is 14. The van der Waals surface area contributed by atoms with Crippen molar-refractivity contribution in [2.24, 2.45) is 5.41 Å². The Morgan fingerprint density at radius 2 is 1.68 bits per heavy atom. The van der Waals surface area contributed by atoms with Gasteiger partial charge in [-0.25, -0.2) is 17.4 Å². The van der Waals surface area contributed by atoms with E-state index in [1.165, 1.54) is 0 Å². The van der Waals surface area contributed by atoms with E-state index in [1.807, 2.05) is 32.8 Å². The molecule has 330 valence electrons. The number of carbonyl (C=O) groups is 1. The highest BCUT2D eigenvalue weighted by Crippen LogP contribution is 2.49. The predicted octanol–water partition coefficient (Wildman–Crippen LogP) is 2.13. The van der Waals surface area contributed by atoms with Crippen molar-refractivity contribution in [2.45, 2.75) is 101 Å². The van der Waals surface area contributed by atoms with Crippen LogP contribution in [0.2, 0.25) is 0 Å². The topological polar surface area (TPSA) is 276 Å². The van der Waals surface area contributed by atoms with Gasteiger partial charge < -0.3 is 50.9 Å². The maximum Gasteiger partial charge on any atom is 0.397 e. The second-order valence-corrected chi connectivity index (χ2v) is 17.7. The van der Waals surface area contributed by atoms with E-state index < -0.39 is 81.0 Å². The van der Waals surface area contributed by atoms with Crippen LogP contribution in [0.1, 0.15) is 69.1 Å². The van der Waals surface area contributed by atoms with Crippen LogP contribution in [0.5, 0.6) is 0 Å². The van der Waals surface area contributed by atoms with Crippen LogP contribution in [0.3, 0.4) is 0 Å². The first kappa shape index (κ1) is 49.6. The summed E-state index contributed by atoms with van der Waals surface area (Å²) >= 11 is 0. The molecule has 3 aromatic carbocycles. The van der Waals surface area contributed by atoms with Gasteiger partial charge in [-0.3, -0.25) is 4.55 Å². The van der Waals surface area contributed by atoms with Gasteiger partial charge in [0.1, 0.15) is 24.4 Å². The van der Waals surface area contributed by atoms with Crippen molar-refractivity contribution in [3.63, 3.8) is 0 Å². The highest BCUT2D eigenvalue weighted by molar-refractivity contribution is 7.91. The Morgan fingerprint density at radius 3 is 2.29 bits per heavy atom. The number of ether oxygens (including phenoxy) is 2. The highest BCUT2D eigenvalue weighted by atomic mass is 32.3. The number of benzene rings is 3. The molecule has 1 fully saturated rings. The highest BCUT2D eigenvalue weighted by Gasteiger charge is 2.49. The maximum atomic E-state index is 14.0. The number of hydrogen-bond donors (Lipinski definition) is 6. The summed E-state index contributed by atoms with van der Waals surface area (Å²) in [5.74, 6) is -1.00. The fraction of sp³-hybridized carbons (Fsp3) is 0.525. The zero-order chi connectivity index (χ0) is 42.8. The molecule has 0 radical (unpaired) electrons. The molecule has 1 unspecified atom stereocenters. The number of carbonyl (C=O) groups excluding carboxylic acids is 1. The summed E-state index contributed by atoms with van der Waals surface area (Å²) in [4.78, 5) is 15.5. The van der Waals surface area contributed by atoms with Crippen LogP contribution in [0, 0.1) is 5.41 Å². The van der Waals surface area contributed by atoms with Gasteiger partial charge in [-0.2, -0.15) is 8.42 Å². The van der Waals surface area contributed by atoms with E-state index in [1.54, 1.807) is 79.7 Å². The van der Waals surface area contributed by atoms with Gasteiger partial charge >= 0.3 is 16.4 Å². The number of hydrogen-bond acceptors (Lipinski definition) is 13. The Kier molecular flexibility index (Phi) is 18.2. The van der Waals surface area contributed by atoms with Crippen LogP contribution in [0.4, 0.5) is 16.2 Å². The first-order chi connectivity index (χ1) is 27.4. The minimum atomic E-state index is -4.93. The second-order valence-electron chi connectivity index (χ2n) is 14.7. The summed E-state index contributed by atoms with van der Waals surface area (Å²) in [6, 6.07) is 19.8. The van der Waals surface area contributed by atoms with E-state index in [9.17, 15) is 36.9 Å². The third-order valence-electron chi connectivity index (χ3n) is 10.5. The van der Waals surface area contributed by atoms with Crippen LogP contribution in [0.25, 0.3) is 0 Å². The number of urea groups is 1. The fourth-order valence-electron chi connectivity index (χ4n) is 7.42. The molecule has 2 aliphatic rings. The lowest BCUT2D eigenvalue weighted by atomic mass is 9.69. The maximum absolute atomic E-state index is 14.0. The monoisotopic (exact) mass is 868 g/mol. The molecular weight excluding hydrogens is 811 g/mol. The number of anilines is 2. The van der Waals surface area contributed by atoms with E-state index in [4.69, 9.17) is 19.1 Å². The molecule has 0 saturated carbocycles. The van der Waals surface area contributed by atoms with Gasteiger partial charge in [0.2, 0.25) is 0 Å². The van der Waals surface area contributed by atoms with Gasteiger partial charge in [0.05, 0.1) is 30.0 Å². The molecule has 0 aromatic heterocycles. The number of unbranched alkanes of at least 4 members (excludes halogenated alkanes) is 1. The summed E-state index contributed by atoms with van der Waals surface area (Å²) in [5.41, 5.74) is 1.78. The van der Waals surface area contributed by atoms with Crippen LogP contribution in [-0.2, 0) is 40.5 Å². The molecule has 2 amide bonds. The summed E-state index contributed by atoms with van der Waals surface area (Å²) in [5, 5.41) is 48.6. The van der Waals surface area contributed by atoms with Crippen molar-refractivity contribution in [2.75, 3.05) is 43.3 Å². The van der Waals surface area contributed by atoms with Gasteiger partial charge in [-0.05, 0) is 59.9 Å². The van der Waals surface area contributed by atoms with Gasteiger partial charge in [0.15, 0.2) is 16.1 Å². The molecule has 2 heterocycles. The van der Waals surface area contributed by atoms with Crippen molar-refractivity contribution in [3.05, 3.63) is 89.5 Å². The molecule has 17 nitrogen and oxygen atoms in total. The lowest BCUT2D eigenvalue weighted by molar-refractivity contribution is -0.361. The third-order valence-corrected chi connectivity index (χ3v) is 12.9. The Hall–Kier alpha value is -3.73. The smallest absolute Gasteiger partial charge is 0.397 e. The quantitative estimate of drug-likeness (QED) is 0.127. The van der Waals surface area contributed by atoms with Gasteiger partial charge in [0, 0.05) is 36.8 Å². The minimum Gasteiger partial charge on any atom is -0.855 e. The lowest BCUT2D eigenvalue weighted by Crippen LogP contribution is -2.64. The molecule has 5 rings (SSSR count). The lowest BCUT2D eigenvalue weighted by Gasteiger charge is -2.42. The van der Waals surface area contributed by atoms with Crippen LogP contribution >= 0.6 is 0 Å². The van der Waals surface area contributed by atoms with Gasteiger partial charge in [0.25, 0.3) is 0 Å². The second kappa shape index (κ2) is 21.7. The molecule has 2 aliphatic heterocycles. The number of fused-ring (bicyclic) bond motifs is 1. The largest absolute Gasteiger partial charge is 0.855 e. The standard InChI is InChI=1S/C38H51N3O12S2.C2H5O.H2O/c1-5-7-18-38(6-2)23-54(46,47)30-17-16-27(41(3)4)20-28(30)31(35(38)44)25-14-11-15-26(19-25)39-37(45)40-36-33(43)34(51-21-24-12-9-8-10-13-24)32(42)29(53-36)22-52-55(48,49)50;1-2-3;/h8-17,19-20,29,31-36,42-44H,5-7,18,21-23H2,1-4H3,(H2,39,40,45)(H,48,49,50);2H2,1H3;1H2/q;-1;/t29-,31-,32-,33?,34+,35-,36-,38-;;/m1../s1.